The summed E-state index contributed by atoms with van der Waals surface area (Å²) in [6.07, 6.45) is -0.390. The van der Waals surface area contributed by atoms with Crippen LogP contribution in [0.4, 0.5) is 10.1 Å². The monoisotopic (exact) mass is 211 g/mol. The highest BCUT2D eigenvalue weighted by Gasteiger charge is 2.12. The van der Waals surface area contributed by atoms with Crippen LogP contribution in [0.25, 0.3) is 0 Å². The van der Waals surface area contributed by atoms with E-state index in [1.807, 2.05) is 31.9 Å². The molecule has 0 heterocycles. The Balaban J connectivity index is 2.64. The molecule has 0 fully saturated rings. The molecule has 84 valence electrons. The van der Waals surface area contributed by atoms with Gasteiger partial charge in [0.15, 0.2) is 0 Å². The molecule has 1 N–H and O–H groups in total. The summed E-state index contributed by atoms with van der Waals surface area (Å²) in [5.41, 5.74) is 0.787. The van der Waals surface area contributed by atoms with Crippen LogP contribution >= 0.6 is 0 Å². The number of halogens is 1. The van der Waals surface area contributed by atoms with Crippen LogP contribution in [0.5, 0.6) is 0 Å². The maximum absolute atomic E-state index is 12.9. The van der Waals surface area contributed by atoms with Crippen molar-refractivity contribution in [3.8, 4) is 0 Å². The second-order valence-corrected chi connectivity index (χ2v) is 4.17. The second kappa shape index (κ2) is 5.12. The predicted octanol–water partition coefficient (Wildman–Crippen LogP) is 2.28. The van der Waals surface area contributed by atoms with Gasteiger partial charge < -0.3 is 10.0 Å². The lowest BCUT2D eigenvalue weighted by Gasteiger charge is -2.24. The average Bonchev–Trinajstić information content (AvgIpc) is 2.17. The van der Waals surface area contributed by atoms with E-state index < -0.39 is 6.10 Å². The van der Waals surface area contributed by atoms with Crippen LogP contribution in [-0.4, -0.2) is 24.8 Å². The molecule has 0 aliphatic heterocycles. The largest absolute Gasteiger partial charge is 0.391 e. The fourth-order valence-corrected chi connectivity index (χ4v) is 1.31. The molecule has 0 saturated carbocycles. The molecule has 0 aliphatic carbocycles. The van der Waals surface area contributed by atoms with Gasteiger partial charge >= 0.3 is 0 Å². The number of likely N-dealkylation sites (N-methyl/N-ethyl adjacent to an activating group) is 1. The van der Waals surface area contributed by atoms with Gasteiger partial charge in [0, 0.05) is 19.3 Å². The van der Waals surface area contributed by atoms with Gasteiger partial charge in [-0.25, -0.2) is 4.39 Å². The predicted molar refractivity (Wildman–Crippen MR) is 60.5 cm³/mol. The van der Waals surface area contributed by atoms with Crippen LogP contribution in [0, 0.1) is 11.7 Å². The Morgan fingerprint density at radius 2 is 2.07 bits per heavy atom. The van der Waals surface area contributed by atoms with Crippen molar-refractivity contribution in [2.75, 3.05) is 18.5 Å². The van der Waals surface area contributed by atoms with Crippen molar-refractivity contribution in [2.24, 2.45) is 5.92 Å². The van der Waals surface area contributed by atoms with Gasteiger partial charge in [0.1, 0.15) is 5.82 Å². The van der Waals surface area contributed by atoms with E-state index in [1.165, 1.54) is 12.1 Å². The summed E-state index contributed by atoms with van der Waals surface area (Å²) < 4.78 is 12.9. The molecule has 0 spiro atoms. The smallest absolute Gasteiger partial charge is 0.125 e. The Bertz CT molecular complexity index is 314. The summed E-state index contributed by atoms with van der Waals surface area (Å²) in [5, 5.41) is 9.69. The number of anilines is 1. The van der Waals surface area contributed by atoms with Crippen LogP contribution in [0.1, 0.15) is 13.8 Å². The first-order valence-corrected chi connectivity index (χ1v) is 5.15. The van der Waals surface area contributed by atoms with Gasteiger partial charge in [-0.2, -0.15) is 0 Å². The second-order valence-electron chi connectivity index (χ2n) is 4.17. The van der Waals surface area contributed by atoms with E-state index >= 15 is 0 Å². The number of benzene rings is 1. The van der Waals surface area contributed by atoms with Crippen LogP contribution in [-0.2, 0) is 0 Å². The maximum atomic E-state index is 12.9. The molecule has 0 bridgehead atoms. The molecule has 0 aromatic heterocycles. The minimum Gasteiger partial charge on any atom is -0.391 e. The van der Waals surface area contributed by atoms with E-state index in [2.05, 4.69) is 0 Å². The fourth-order valence-electron chi connectivity index (χ4n) is 1.31. The zero-order valence-electron chi connectivity index (χ0n) is 9.44. The third-order valence-corrected chi connectivity index (χ3v) is 2.48. The lowest BCUT2D eigenvalue weighted by molar-refractivity contribution is 0.132. The normalized spacial score (nSPS) is 12.9. The lowest BCUT2D eigenvalue weighted by atomic mass is 10.1. The third kappa shape index (κ3) is 3.51. The van der Waals surface area contributed by atoms with Crippen LogP contribution in [0.2, 0.25) is 0 Å². The van der Waals surface area contributed by atoms with Crippen LogP contribution in [0.15, 0.2) is 24.3 Å². The zero-order chi connectivity index (χ0) is 11.4. The molecule has 15 heavy (non-hydrogen) atoms. The number of aliphatic hydroxyl groups excluding tert-OH is 1. The first-order valence-electron chi connectivity index (χ1n) is 5.15. The third-order valence-electron chi connectivity index (χ3n) is 2.48. The number of rotatable bonds is 4. The van der Waals surface area contributed by atoms with E-state index in [-0.39, 0.29) is 11.7 Å². The van der Waals surface area contributed by atoms with Crippen molar-refractivity contribution >= 4 is 5.69 Å². The molecule has 1 aromatic rings. The van der Waals surface area contributed by atoms with E-state index in [0.29, 0.717) is 6.54 Å². The summed E-state index contributed by atoms with van der Waals surface area (Å²) in [5.74, 6) is -0.0422. The Labute approximate surface area is 90.3 Å². The van der Waals surface area contributed by atoms with Gasteiger partial charge in [-0.3, -0.25) is 0 Å². The maximum Gasteiger partial charge on any atom is 0.125 e. The molecule has 0 saturated heterocycles. The quantitative estimate of drug-likeness (QED) is 0.826. The molecule has 1 rings (SSSR count). The van der Waals surface area contributed by atoms with Crippen molar-refractivity contribution < 1.29 is 9.50 Å². The summed E-state index contributed by atoms with van der Waals surface area (Å²) in [6.45, 7) is 4.44. The first-order chi connectivity index (χ1) is 7.00. The zero-order valence-corrected chi connectivity index (χ0v) is 9.44. The summed E-state index contributed by atoms with van der Waals surface area (Å²) >= 11 is 0. The van der Waals surface area contributed by atoms with Crippen LogP contribution < -0.4 is 4.90 Å². The molecule has 0 amide bonds. The van der Waals surface area contributed by atoms with Gasteiger partial charge in [-0.15, -0.1) is 0 Å². The Morgan fingerprint density at radius 3 is 2.60 bits per heavy atom. The van der Waals surface area contributed by atoms with E-state index in [9.17, 15) is 9.50 Å². The average molecular weight is 211 g/mol. The minimum atomic E-state index is -0.390. The molecule has 2 nitrogen and oxygen atoms in total. The molecular weight excluding hydrogens is 193 g/mol. The first kappa shape index (κ1) is 12.0. The van der Waals surface area contributed by atoms with Gasteiger partial charge in [-0.1, -0.05) is 19.9 Å². The summed E-state index contributed by atoms with van der Waals surface area (Å²) in [4.78, 5) is 1.85. The van der Waals surface area contributed by atoms with E-state index in [4.69, 9.17) is 0 Å². The number of hydrogen-bond acceptors (Lipinski definition) is 2. The van der Waals surface area contributed by atoms with Crippen molar-refractivity contribution in [3.05, 3.63) is 30.1 Å². The summed E-state index contributed by atoms with van der Waals surface area (Å²) in [6, 6.07) is 6.38. The van der Waals surface area contributed by atoms with Crippen molar-refractivity contribution in [2.45, 2.75) is 20.0 Å². The van der Waals surface area contributed by atoms with Gasteiger partial charge in [-0.05, 0) is 24.1 Å². The summed E-state index contributed by atoms with van der Waals surface area (Å²) in [7, 11) is 1.85. The Kier molecular flexibility index (Phi) is 4.09. The fraction of sp³-hybridized carbons (Fsp3) is 0.500. The van der Waals surface area contributed by atoms with Crippen molar-refractivity contribution in [1.82, 2.24) is 0 Å². The molecule has 1 atom stereocenters. The van der Waals surface area contributed by atoms with Crippen molar-refractivity contribution in [3.63, 3.8) is 0 Å². The number of hydrogen-bond donors (Lipinski definition) is 1. The highest BCUT2D eigenvalue weighted by atomic mass is 19.1. The van der Waals surface area contributed by atoms with E-state index in [0.717, 1.165) is 5.69 Å². The number of aliphatic hydroxyl groups is 1. The lowest BCUT2D eigenvalue weighted by Crippen LogP contribution is -2.32. The molecule has 3 heteroatoms. The molecule has 1 aromatic carbocycles. The standard InChI is InChI=1S/C12H18FNO/c1-9(2)12(15)8-14(3)11-6-4-5-10(13)7-11/h4-7,9,12,15H,8H2,1-3H3. The SMILES string of the molecule is CC(C)C(O)CN(C)c1cccc(F)c1. The highest BCUT2D eigenvalue weighted by Crippen LogP contribution is 2.15. The molecule has 1 unspecified atom stereocenters. The molecule has 0 radical (unpaired) electrons. The van der Waals surface area contributed by atoms with Gasteiger partial charge in [0.2, 0.25) is 0 Å². The molecular formula is C12H18FNO. The Morgan fingerprint density at radius 1 is 1.40 bits per heavy atom. The highest BCUT2D eigenvalue weighted by molar-refractivity contribution is 5.45. The van der Waals surface area contributed by atoms with E-state index in [1.54, 1.807) is 6.07 Å². The Hall–Kier alpha value is -1.09. The topological polar surface area (TPSA) is 23.5 Å². The van der Waals surface area contributed by atoms with Crippen molar-refractivity contribution in [1.29, 1.82) is 0 Å². The van der Waals surface area contributed by atoms with Gasteiger partial charge in [0.05, 0.1) is 6.10 Å². The number of nitrogens with zero attached hydrogens (tertiary/aromatic N) is 1. The van der Waals surface area contributed by atoms with Gasteiger partial charge in [0.25, 0.3) is 0 Å². The molecule has 0 aliphatic rings. The van der Waals surface area contributed by atoms with Crippen LogP contribution in [0.3, 0.4) is 0 Å². The minimum absolute atomic E-state index is 0.209.